The van der Waals surface area contributed by atoms with E-state index in [1.807, 2.05) is 25.8 Å². The Balaban J connectivity index is 3.13. The topological polar surface area (TPSA) is 78.9 Å². The summed E-state index contributed by atoms with van der Waals surface area (Å²) in [5, 5.41) is 7.38. The summed E-state index contributed by atoms with van der Waals surface area (Å²) in [6.07, 6.45) is 3.02. The van der Waals surface area contributed by atoms with Crippen molar-refractivity contribution in [3.8, 4) is 0 Å². The van der Waals surface area contributed by atoms with Gasteiger partial charge in [-0.2, -0.15) is 0 Å². The van der Waals surface area contributed by atoms with Crippen molar-refractivity contribution in [1.82, 2.24) is 9.97 Å². The number of nitrogens with zero attached hydrogens (tertiary/aromatic N) is 3. The molecule has 0 amide bonds. The number of hydrogen-bond acceptors (Lipinski definition) is 4. The molecule has 0 aliphatic carbocycles. The van der Waals surface area contributed by atoms with Gasteiger partial charge in [-0.1, -0.05) is 0 Å². The summed E-state index contributed by atoms with van der Waals surface area (Å²) in [6.45, 7) is 4.10. The number of anilines is 1. The number of hydrogen-bond donors (Lipinski definition) is 2. The monoisotopic (exact) mass is 193 g/mol. The lowest BCUT2D eigenvalue weighted by atomic mass is 10.2. The van der Waals surface area contributed by atoms with Crippen LogP contribution in [0, 0.1) is 5.41 Å². The van der Waals surface area contributed by atoms with Crippen molar-refractivity contribution in [3.63, 3.8) is 0 Å². The van der Waals surface area contributed by atoms with Crippen LogP contribution in [-0.4, -0.2) is 28.9 Å². The molecule has 0 bridgehead atoms. The number of rotatable bonds is 3. The Morgan fingerprint density at radius 1 is 1.57 bits per heavy atom. The number of nitrogen functional groups attached to an aromatic ring is 1. The highest BCUT2D eigenvalue weighted by atomic mass is 15.2. The van der Waals surface area contributed by atoms with Crippen molar-refractivity contribution in [2.24, 2.45) is 5.73 Å². The number of nitrogens with one attached hydrogen (secondary N) is 1. The van der Waals surface area contributed by atoms with E-state index < -0.39 is 0 Å². The molecule has 14 heavy (non-hydrogen) atoms. The van der Waals surface area contributed by atoms with Crippen LogP contribution in [0.1, 0.15) is 19.4 Å². The van der Waals surface area contributed by atoms with Crippen molar-refractivity contribution in [1.29, 1.82) is 5.41 Å². The zero-order valence-electron chi connectivity index (χ0n) is 8.65. The van der Waals surface area contributed by atoms with E-state index in [1.165, 1.54) is 6.33 Å². The fourth-order valence-corrected chi connectivity index (χ4v) is 1.04. The second-order valence-electron chi connectivity index (χ2n) is 3.38. The molecular formula is C9H15N5. The van der Waals surface area contributed by atoms with Crippen LogP contribution in [-0.2, 0) is 0 Å². The predicted molar refractivity (Wildman–Crippen MR) is 56.6 cm³/mol. The van der Waals surface area contributed by atoms with Gasteiger partial charge in [0.1, 0.15) is 18.0 Å². The highest BCUT2D eigenvalue weighted by Crippen LogP contribution is 2.15. The summed E-state index contributed by atoms with van der Waals surface area (Å²) in [7, 11) is 1.92. The third kappa shape index (κ3) is 1.99. The van der Waals surface area contributed by atoms with Crippen LogP contribution in [0.15, 0.2) is 12.5 Å². The molecule has 0 aliphatic heterocycles. The van der Waals surface area contributed by atoms with Crippen LogP contribution < -0.4 is 10.6 Å². The summed E-state index contributed by atoms with van der Waals surface area (Å²) in [6, 6.07) is 0.308. The number of aromatic nitrogens is 2. The smallest absolute Gasteiger partial charge is 0.142 e. The van der Waals surface area contributed by atoms with Gasteiger partial charge >= 0.3 is 0 Å². The van der Waals surface area contributed by atoms with E-state index in [0.717, 1.165) is 0 Å². The second kappa shape index (κ2) is 4.04. The molecule has 0 saturated heterocycles. The van der Waals surface area contributed by atoms with Gasteiger partial charge in [0.15, 0.2) is 0 Å². The van der Waals surface area contributed by atoms with Gasteiger partial charge in [-0.05, 0) is 13.8 Å². The Morgan fingerprint density at radius 3 is 2.71 bits per heavy atom. The largest absolute Gasteiger partial charge is 0.384 e. The lowest BCUT2D eigenvalue weighted by Gasteiger charge is -2.24. The lowest BCUT2D eigenvalue weighted by molar-refractivity contribution is 0.740. The van der Waals surface area contributed by atoms with Crippen LogP contribution in [0.4, 0.5) is 5.82 Å². The minimum atomic E-state index is -0.00639. The summed E-state index contributed by atoms with van der Waals surface area (Å²) < 4.78 is 0. The zero-order valence-corrected chi connectivity index (χ0v) is 8.65. The third-order valence-electron chi connectivity index (χ3n) is 2.09. The van der Waals surface area contributed by atoms with Gasteiger partial charge in [-0.25, -0.2) is 9.97 Å². The Bertz CT molecular complexity index is 334. The minimum absolute atomic E-state index is 0.00639. The maximum absolute atomic E-state index is 7.38. The molecule has 0 spiro atoms. The Labute approximate surface area is 83.5 Å². The predicted octanol–water partition coefficient (Wildman–Crippen LogP) is 0.605. The SMILES string of the molecule is CC(C)N(C)c1ncncc1C(=N)N. The van der Waals surface area contributed by atoms with Crippen molar-refractivity contribution < 1.29 is 0 Å². The average molecular weight is 193 g/mol. The Kier molecular flexibility index (Phi) is 3.01. The molecule has 1 aromatic heterocycles. The van der Waals surface area contributed by atoms with Gasteiger partial charge in [-0.15, -0.1) is 0 Å². The molecule has 0 aliphatic rings. The molecule has 0 fully saturated rings. The molecule has 5 nitrogen and oxygen atoms in total. The van der Waals surface area contributed by atoms with Gasteiger partial charge in [0.05, 0.1) is 5.56 Å². The molecule has 0 aromatic carbocycles. The summed E-state index contributed by atoms with van der Waals surface area (Å²) in [5.74, 6) is 0.690. The molecule has 3 N–H and O–H groups in total. The average Bonchev–Trinajstić information content (AvgIpc) is 2.16. The van der Waals surface area contributed by atoms with Gasteiger partial charge in [0.25, 0.3) is 0 Å². The molecule has 1 heterocycles. The number of amidine groups is 1. The molecule has 5 heteroatoms. The fraction of sp³-hybridized carbons (Fsp3) is 0.444. The first-order valence-corrected chi connectivity index (χ1v) is 4.41. The lowest BCUT2D eigenvalue weighted by Crippen LogP contribution is -2.29. The number of nitrogens with two attached hydrogens (primary N) is 1. The maximum atomic E-state index is 7.38. The molecule has 0 radical (unpaired) electrons. The molecular weight excluding hydrogens is 178 g/mol. The van der Waals surface area contributed by atoms with Crippen LogP contribution in [0.5, 0.6) is 0 Å². The van der Waals surface area contributed by atoms with Crippen LogP contribution in [0.25, 0.3) is 0 Å². The Morgan fingerprint density at radius 2 is 2.21 bits per heavy atom. The van der Waals surface area contributed by atoms with E-state index in [4.69, 9.17) is 11.1 Å². The van der Waals surface area contributed by atoms with Gasteiger partial charge in [0.2, 0.25) is 0 Å². The van der Waals surface area contributed by atoms with Crippen molar-refractivity contribution in [2.45, 2.75) is 19.9 Å². The molecule has 76 valence electrons. The van der Waals surface area contributed by atoms with Crippen LogP contribution >= 0.6 is 0 Å². The molecule has 1 aromatic rings. The summed E-state index contributed by atoms with van der Waals surface area (Å²) in [5.41, 5.74) is 6.00. The maximum Gasteiger partial charge on any atom is 0.142 e. The van der Waals surface area contributed by atoms with E-state index in [0.29, 0.717) is 17.4 Å². The molecule has 0 saturated carbocycles. The van der Waals surface area contributed by atoms with Crippen LogP contribution in [0.2, 0.25) is 0 Å². The van der Waals surface area contributed by atoms with Gasteiger partial charge in [-0.3, -0.25) is 5.41 Å². The van der Waals surface area contributed by atoms with Crippen molar-refractivity contribution in [3.05, 3.63) is 18.1 Å². The van der Waals surface area contributed by atoms with Gasteiger partial charge in [0, 0.05) is 19.3 Å². The first-order valence-electron chi connectivity index (χ1n) is 4.41. The fourth-order valence-electron chi connectivity index (χ4n) is 1.04. The van der Waals surface area contributed by atoms with E-state index in [1.54, 1.807) is 6.20 Å². The third-order valence-corrected chi connectivity index (χ3v) is 2.09. The van der Waals surface area contributed by atoms with Crippen molar-refractivity contribution >= 4 is 11.7 Å². The highest BCUT2D eigenvalue weighted by molar-refractivity contribution is 5.99. The molecule has 1 rings (SSSR count). The normalized spacial score (nSPS) is 10.3. The zero-order chi connectivity index (χ0) is 10.7. The van der Waals surface area contributed by atoms with E-state index in [9.17, 15) is 0 Å². The standard InChI is InChI=1S/C9H15N5/c1-6(2)14(3)9-7(8(10)11)4-12-5-13-9/h4-6H,1-3H3,(H3,10,11). The van der Waals surface area contributed by atoms with Crippen molar-refractivity contribution in [2.75, 3.05) is 11.9 Å². The highest BCUT2D eigenvalue weighted by Gasteiger charge is 2.13. The first-order chi connectivity index (χ1) is 6.54. The van der Waals surface area contributed by atoms with E-state index >= 15 is 0 Å². The first kappa shape index (κ1) is 10.4. The minimum Gasteiger partial charge on any atom is -0.384 e. The van der Waals surface area contributed by atoms with Gasteiger partial charge < -0.3 is 10.6 Å². The summed E-state index contributed by atoms with van der Waals surface area (Å²) in [4.78, 5) is 9.92. The molecule has 0 atom stereocenters. The van der Waals surface area contributed by atoms with Crippen LogP contribution in [0.3, 0.4) is 0 Å². The van der Waals surface area contributed by atoms with E-state index in [2.05, 4.69) is 9.97 Å². The summed E-state index contributed by atoms with van der Waals surface area (Å²) >= 11 is 0. The quantitative estimate of drug-likeness (QED) is 0.544. The van der Waals surface area contributed by atoms with E-state index in [-0.39, 0.29) is 5.84 Å². The molecule has 0 unspecified atom stereocenters. The Hall–Kier alpha value is -1.65. The second-order valence-corrected chi connectivity index (χ2v) is 3.38.